The van der Waals surface area contributed by atoms with Crippen molar-refractivity contribution in [3.8, 4) is 0 Å². The zero-order valence-corrected chi connectivity index (χ0v) is 12.2. The van der Waals surface area contributed by atoms with Crippen molar-refractivity contribution in [3.05, 3.63) is 33.3 Å². The molecule has 22 heavy (non-hydrogen) atoms. The summed E-state index contributed by atoms with van der Waals surface area (Å²) < 4.78 is 0. The smallest absolute Gasteiger partial charge is 0.320 e. The summed E-state index contributed by atoms with van der Waals surface area (Å²) in [7, 11) is 0. The molecule has 0 radical (unpaired) electrons. The predicted octanol–water partition coefficient (Wildman–Crippen LogP) is 1.74. The Balaban J connectivity index is 2.06. The molecule has 8 nitrogen and oxygen atoms in total. The van der Waals surface area contributed by atoms with Gasteiger partial charge in [0.2, 0.25) is 5.91 Å². The SMILES string of the molecule is O=C(CN1CCC[C@@H]1C(=O)O)Nc1ccc(Cl)cc1[N+](=O)[O-]. The number of nitrogens with one attached hydrogen (secondary N) is 1. The van der Waals surface area contributed by atoms with E-state index in [-0.39, 0.29) is 22.9 Å². The Kier molecular flexibility index (Phi) is 4.94. The molecule has 9 heteroatoms. The topological polar surface area (TPSA) is 113 Å². The van der Waals surface area contributed by atoms with Gasteiger partial charge in [0.15, 0.2) is 0 Å². The van der Waals surface area contributed by atoms with Crippen molar-refractivity contribution >= 4 is 34.9 Å². The third kappa shape index (κ3) is 3.71. The first kappa shape index (κ1) is 16.2. The van der Waals surface area contributed by atoms with Crippen LogP contribution in [0.3, 0.4) is 0 Å². The molecule has 1 amide bonds. The second kappa shape index (κ2) is 6.71. The molecule has 0 unspecified atom stereocenters. The second-order valence-electron chi connectivity index (χ2n) is 4.93. The number of nitro benzene ring substituents is 1. The van der Waals surface area contributed by atoms with E-state index in [2.05, 4.69) is 5.32 Å². The number of likely N-dealkylation sites (tertiary alicyclic amines) is 1. The van der Waals surface area contributed by atoms with Gasteiger partial charge in [0, 0.05) is 11.1 Å². The largest absolute Gasteiger partial charge is 0.480 e. The van der Waals surface area contributed by atoms with Crippen LogP contribution < -0.4 is 5.32 Å². The molecule has 1 aromatic carbocycles. The van der Waals surface area contributed by atoms with Gasteiger partial charge in [-0.3, -0.25) is 24.6 Å². The Morgan fingerprint density at radius 2 is 2.23 bits per heavy atom. The quantitative estimate of drug-likeness (QED) is 0.629. The first-order valence-corrected chi connectivity index (χ1v) is 6.97. The van der Waals surface area contributed by atoms with E-state index in [1.807, 2.05) is 0 Å². The lowest BCUT2D eigenvalue weighted by atomic mass is 10.2. The number of aliphatic carboxylic acids is 1. The maximum atomic E-state index is 12.0. The van der Waals surface area contributed by atoms with Crippen molar-refractivity contribution in [2.75, 3.05) is 18.4 Å². The normalized spacial score (nSPS) is 18.1. The highest BCUT2D eigenvalue weighted by molar-refractivity contribution is 6.31. The van der Waals surface area contributed by atoms with Crippen molar-refractivity contribution in [2.45, 2.75) is 18.9 Å². The van der Waals surface area contributed by atoms with E-state index < -0.39 is 22.8 Å². The number of halogens is 1. The molecule has 1 heterocycles. The highest BCUT2D eigenvalue weighted by Crippen LogP contribution is 2.28. The van der Waals surface area contributed by atoms with Gasteiger partial charge in [-0.25, -0.2) is 0 Å². The monoisotopic (exact) mass is 327 g/mol. The first-order chi connectivity index (χ1) is 10.4. The Labute approximate surface area is 130 Å². The number of amides is 1. The molecule has 1 fully saturated rings. The Bertz CT molecular complexity index is 622. The van der Waals surface area contributed by atoms with Crippen LogP contribution in [0, 0.1) is 10.1 Å². The fraction of sp³-hybridized carbons (Fsp3) is 0.385. The average molecular weight is 328 g/mol. The summed E-state index contributed by atoms with van der Waals surface area (Å²) in [5, 5.41) is 22.6. The Hall–Kier alpha value is -2.19. The molecule has 1 aliphatic rings. The minimum absolute atomic E-state index is 0.0328. The molecule has 1 aliphatic heterocycles. The number of carboxylic acid groups (broad SMARTS) is 1. The average Bonchev–Trinajstić information content (AvgIpc) is 2.88. The standard InChI is InChI=1S/C13H14ClN3O5/c14-8-3-4-9(11(6-8)17(21)22)15-12(18)7-16-5-1-2-10(16)13(19)20/h3-4,6,10H,1-2,5,7H2,(H,15,18)(H,19,20)/t10-/m1/s1. The van der Waals surface area contributed by atoms with Crippen LogP contribution in [0.25, 0.3) is 0 Å². The van der Waals surface area contributed by atoms with E-state index in [0.29, 0.717) is 19.4 Å². The fourth-order valence-electron chi connectivity index (χ4n) is 2.43. The summed E-state index contributed by atoms with van der Waals surface area (Å²) in [4.78, 5) is 34.9. The molecule has 0 bridgehead atoms. The van der Waals surface area contributed by atoms with Gasteiger partial charge in [0.25, 0.3) is 5.69 Å². The molecule has 0 spiro atoms. The molecule has 1 aromatic rings. The van der Waals surface area contributed by atoms with Gasteiger partial charge in [-0.05, 0) is 31.5 Å². The molecular formula is C13H14ClN3O5. The van der Waals surface area contributed by atoms with Gasteiger partial charge in [-0.1, -0.05) is 11.6 Å². The zero-order valence-electron chi connectivity index (χ0n) is 11.5. The number of rotatable bonds is 5. The molecule has 2 N–H and O–H groups in total. The van der Waals surface area contributed by atoms with E-state index in [0.717, 1.165) is 6.07 Å². The molecule has 1 atom stereocenters. The lowest BCUT2D eigenvalue weighted by molar-refractivity contribution is -0.383. The van der Waals surface area contributed by atoms with Crippen LogP contribution in [-0.2, 0) is 9.59 Å². The maximum absolute atomic E-state index is 12.0. The van der Waals surface area contributed by atoms with E-state index in [1.165, 1.54) is 12.1 Å². The van der Waals surface area contributed by atoms with Crippen molar-refractivity contribution in [3.63, 3.8) is 0 Å². The molecule has 118 valence electrons. The first-order valence-electron chi connectivity index (χ1n) is 6.59. The summed E-state index contributed by atoms with van der Waals surface area (Å²) in [6.45, 7) is 0.379. The van der Waals surface area contributed by atoms with Crippen molar-refractivity contribution in [1.82, 2.24) is 4.90 Å². The highest BCUT2D eigenvalue weighted by Gasteiger charge is 2.31. The molecule has 1 saturated heterocycles. The number of benzene rings is 1. The predicted molar refractivity (Wildman–Crippen MR) is 79.0 cm³/mol. The number of carbonyl (C=O) groups excluding carboxylic acids is 1. The van der Waals surface area contributed by atoms with Gasteiger partial charge in [-0.2, -0.15) is 0 Å². The number of hydrogen-bond acceptors (Lipinski definition) is 5. The van der Waals surface area contributed by atoms with Crippen LogP contribution in [0.15, 0.2) is 18.2 Å². The highest BCUT2D eigenvalue weighted by atomic mass is 35.5. The van der Waals surface area contributed by atoms with E-state index in [1.54, 1.807) is 4.90 Å². The van der Waals surface area contributed by atoms with Crippen molar-refractivity contribution in [2.24, 2.45) is 0 Å². The molecular weight excluding hydrogens is 314 g/mol. The van der Waals surface area contributed by atoms with Crippen LogP contribution in [0.4, 0.5) is 11.4 Å². The Morgan fingerprint density at radius 1 is 1.50 bits per heavy atom. The van der Waals surface area contributed by atoms with Crippen LogP contribution >= 0.6 is 11.6 Å². The fourth-order valence-corrected chi connectivity index (χ4v) is 2.60. The van der Waals surface area contributed by atoms with E-state index in [9.17, 15) is 19.7 Å². The van der Waals surface area contributed by atoms with E-state index >= 15 is 0 Å². The van der Waals surface area contributed by atoms with Gasteiger partial charge in [-0.15, -0.1) is 0 Å². The third-order valence-corrected chi connectivity index (χ3v) is 3.66. The zero-order chi connectivity index (χ0) is 16.3. The van der Waals surface area contributed by atoms with E-state index in [4.69, 9.17) is 16.7 Å². The number of nitrogens with zero attached hydrogens (tertiary/aromatic N) is 2. The van der Waals surface area contributed by atoms with Crippen LogP contribution in [-0.4, -0.2) is 45.9 Å². The number of carboxylic acids is 1. The lowest BCUT2D eigenvalue weighted by Crippen LogP contribution is -2.40. The Morgan fingerprint density at radius 3 is 2.86 bits per heavy atom. The van der Waals surface area contributed by atoms with Gasteiger partial charge in [0.05, 0.1) is 11.5 Å². The summed E-state index contributed by atoms with van der Waals surface area (Å²) >= 11 is 5.70. The van der Waals surface area contributed by atoms with Crippen molar-refractivity contribution in [1.29, 1.82) is 0 Å². The molecule has 0 aliphatic carbocycles. The minimum Gasteiger partial charge on any atom is -0.480 e. The third-order valence-electron chi connectivity index (χ3n) is 3.43. The molecule has 0 saturated carbocycles. The van der Waals surface area contributed by atoms with Crippen LogP contribution in [0.5, 0.6) is 0 Å². The number of carbonyl (C=O) groups is 2. The number of anilines is 1. The summed E-state index contributed by atoms with van der Waals surface area (Å²) in [6, 6.07) is 3.23. The lowest BCUT2D eigenvalue weighted by Gasteiger charge is -2.20. The molecule has 0 aromatic heterocycles. The number of hydrogen-bond donors (Lipinski definition) is 2. The maximum Gasteiger partial charge on any atom is 0.320 e. The van der Waals surface area contributed by atoms with Crippen LogP contribution in [0.2, 0.25) is 5.02 Å². The van der Waals surface area contributed by atoms with Crippen LogP contribution in [0.1, 0.15) is 12.8 Å². The van der Waals surface area contributed by atoms with Crippen molar-refractivity contribution < 1.29 is 19.6 Å². The summed E-state index contributed by atoms with van der Waals surface area (Å²) in [5.41, 5.74) is -0.275. The summed E-state index contributed by atoms with van der Waals surface area (Å²) in [6.07, 6.45) is 1.19. The molecule has 2 rings (SSSR count). The number of nitro groups is 1. The van der Waals surface area contributed by atoms with Gasteiger partial charge >= 0.3 is 5.97 Å². The van der Waals surface area contributed by atoms with Gasteiger partial charge in [0.1, 0.15) is 11.7 Å². The second-order valence-corrected chi connectivity index (χ2v) is 5.37. The minimum atomic E-state index is -0.970. The van der Waals surface area contributed by atoms with Gasteiger partial charge < -0.3 is 10.4 Å². The summed E-state index contributed by atoms with van der Waals surface area (Å²) in [5.74, 6) is -1.47.